The van der Waals surface area contributed by atoms with Crippen LogP contribution in [-0.4, -0.2) is 30.9 Å². The van der Waals surface area contributed by atoms with Gasteiger partial charge >= 0.3 is 0 Å². The van der Waals surface area contributed by atoms with Crippen molar-refractivity contribution in [3.8, 4) is 11.6 Å². The lowest BCUT2D eigenvalue weighted by molar-refractivity contribution is -0.115. The van der Waals surface area contributed by atoms with E-state index in [0.717, 1.165) is 0 Å². The molecule has 3 aromatic heterocycles. The molecule has 0 aliphatic heterocycles. The van der Waals surface area contributed by atoms with Crippen LogP contribution in [0.1, 0.15) is 6.92 Å². The first-order valence-electron chi connectivity index (χ1n) is 7.07. The predicted octanol–water partition coefficient (Wildman–Crippen LogP) is 3.24. The zero-order valence-electron chi connectivity index (χ0n) is 12.9. The predicted molar refractivity (Wildman–Crippen MR) is 91.9 cm³/mol. The molecule has 0 fully saturated rings. The monoisotopic (exact) mass is 363 g/mol. The van der Waals surface area contributed by atoms with Crippen molar-refractivity contribution in [1.29, 1.82) is 0 Å². The van der Waals surface area contributed by atoms with Gasteiger partial charge in [-0.15, -0.1) is 10.2 Å². The van der Waals surface area contributed by atoms with Crippen LogP contribution >= 0.6 is 23.4 Å². The van der Waals surface area contributed by atoms with Crippen LogP contribution in [0.3, 0.4) is 0 Å². The number of thioether (sulfide) groups is 1. The first-order valence-corrected chi connectivity index (χ1v) is 8.33. The Morgan fingerprint density at radius 1 is 1.38 bits per heavy atom. The maximum atomic E-state index is 12.3. The maximum absolute atomic E-state index is 12.3. The van der Waals surface area contributed by atoms with Gasteiger partial charge in [0.05, 0.1) is 17.2 Å². The normalized spacial score (nSPS) is 12.1. The number of furan rings is 1. The molecular weight excluding hydrogens is 350 g/mol. The quantitative estimate of drug-likeness (QED) is 0.553. The Balaban J connectivity index is 1.70. The molecule has 0 aliphatic rings. The second kappa shape index (κ2) is 7.06. The summed E-state index contributed by atoms with van der Waals surface area (Å²) in [6, 6.07) is 6.99. The molecule has 0 aromatic carbocycles. The molecule has 3 aromatic rings. The number of rotatable bonds is 5. The molecule has 7 nitrogen and oxygen atoms in total. The number of nitrogens with zero attached hydrogens (tertiary/aromatic N) is 4. The highest BCUT2D eigenvalue weighted by Crippen LogP contribution is 2.27. The van der Waals surface area contributed by atoms with Crippen LogP contribution in [0.4, 0.5) is 5.69 Å². The van der Waals surface area contributed by atoms with Crippen molar-refractivity contribution in [3.05, 3.63) is 41.9 Å². The molecule has 0 unspecified atom stereocenters. The van der Waals surface area contributed by atoms with Gasteiger partial charge in [0.1, 0.15) is 0 Å². The van der Waals surface area contributed by atoms with Crippen molar-refractivity contribution in [2.75, 3.05) is 5.32 Å². The van der Waals surface area contributed by atoms with E-state index in [0.29, 0.717) is 22.4 Å². The Bertz CT molecular complexity index is 849. The summed E-state index contributed by atoms with van der Waals surface area (Å²) in [6.45, 7) is 1.78. The highest BCUT2D eigenvalue weighted by molar-refractivity contribution is 8.00. The Labute approximate surface area is 147 Å². The van der Waals surface area contributed by atoms with Gasteiger partial charge < -0.3 is 14.3 Å². The van der Waals surface area contributed by atoms with Gasteiger partial charge in [-0.05, 0) is 31.2 Å². The summed E-state index contributed by atoms with van der Waals surface area (Å²) < 4.78 is 7.11. The number of nitrogens with one attached hydrogen (secondary N) is 1. The van der Waals surface area contributed by atoms with E-state index in [1.54, 1.807) is 48.2 Å². The van der Waals surface area contributed by atoms with Gasteiger partial charge in [0.25, 0.3) is 0 Å². The van der Waals surface area contributed by atoms with Gasteiger partial charge in [-0.2, -0.15) is 0 Å². The van der Waals surface area contributed by atoms with Crippen LogP contribution in [0, 0.1) is 0 Å². The minimum Gasteiger partial charge on any atom is -0.461 e. The van der Waals surface area contributed by atoms with Gasteiger partial charge in [-0.3, -0.25) is 4.79 Å². The minimum atomic E-state index is -0.395. The average molecular weight is 364 g/mol. The molecule has 1 N–H and O–H groups in total. The van der Waals surface area contributed by atoms with Gasteiger partial charge in [-0.25, -0.2) is 4.98 Å². The molecule has 3 heterocycles. The lowest BCUT2D eigenvalue weighted by atomic mass is 10.4. The van der Waals surface area contributed by atoms with E-state index in [1.165, 1.54) is 11.8 Å². The molecule has 124 valence electrons. The first kappa shape index (κ1) is 16.5. The summed E-state index contributed by atoms with van der Waals surface area (Å²) >= 11 is 7.24. The Hall–Kier alpha value is -2.32. The number of carbonyl (C=O) groups excluding carboxylic acids is 1. The van der Waals surface area contributed by atoms with E-state index < -0.39 is 5.25 Å². The molecule has 9 heteroatoms. The van der Waals surface area contributed by atoms with Crippen LogP contribution in [0.5, 0.6) is 0 Å². The Morgan fingerprint density at radius 2 is 2.21 bits per heavy atom. The molecule has 3 rings (SSSR count). The fourth-order valence-electron chi connectivity index (χ4n) is 1.96. The van der Waals surface area contributed by atoms with E-state index in [4.69, 9.17) is 16.0 Å². The Morgan fingerprint density at radius 3 is 2.92 bits per heavy atom. The molecule has 0 bridgehead atoms. The number of hydrogen-bond donors (Lipinski definition) is 1. The third-order valence-electron chi connectivity index (χ3n) is 3.24. The SMILES string of the molecule is C[C@@H](Sc1nnc(-c2ccco2)n1C)C(=O)Nc1cccnc1Cl. The summed E-state index contributed by atoms with van der Waals surface area (Å²) in [4.78, 5) is 16.2. The maximum Gasteiger partial charge on any atom is 0.237 e. The van der Waals surface area contributed by atoms with Crippen LogP contribution < -0.4 is 5.32 Å². The number of amides is 1. The lowest BCUT2D eigenvalue weighted by Crippen LogP contribution is -2.23. The molecule has 0 aliphatic carbocycles. The van der Waals surface area contributed by atoms with E-state index in [9.17, 15) is 4.79 Å². The van der Waals surface area contributed by atoms with E-state index in [1.807, 2.05) is 7.05 Å². The van der Waals surface area contributed by atoms with Crippen molar-refractivity contribution in [1.82, 2.24) is 19.7 Å². The number of carbonyl (C=O) groups is 1. The number of aromatic nitrogens is 4. The molecule has 0 spiro atoms. The van der Waals surface area contributed by atoms with E-state index in [-0.39, 0.29) is 11.1 Å². The molecule has 0 radical (unpaired) electrons. The van der Waals surface area contributed by atoms with Crippen LogP contribution in [0.2, 0.25) is 5.15 Å². The molecule has 1 amide bonds. The summed E-state index contributed by atoms with van der Waals surface area (Å²) in [5.74, 6) is 1.03. The van der Waals surface area contributed by atoms with Gasteiger partial charge in [-0.1, -0.05) is 23.4 Å². The molecular formula is C15H14ClN5O2S. The first-order chi connectivity index (χ1) is 11.6. The van der Waals surface area contributed by atoms with Crippen LogP contribution in [0.15, 0.2) is 46.3 Å². The summed E-state index contributed by atoms with van der Waals surface area (Å²) in [6.07, 6.45) is 3.14. The van der Waals surface area contributed by atoms with Crippen molar-refractivity contribution in [2.45, 2.75) is 17.3 Å². The van der Waals surface area contributed by atoms with Crippen LogP contribution in [-0.2, 0) is 11.8 Å². The summed E-state index contributed by atoms with van der Waals surface area (Å²) in [5, 5.41) is 11.4. The number of halogens is 1. The average Bonchev–Trinajstić information content (AvgIpc) is 3.20. The fraction of sp³-hybridized carbons (Fsp3) is 0.200. The lowest BCUT2D eigenvalue weighted by Gasteiger charge is -2.12. The molecule has 1 atom stereocenters. The Kier molecular flexibility index (Phi) is 4.86. The zero-order chi connectivity index (χ0) is 17.1. The number of hydrogen-bond acceptors (Lipinski definition) is 6. The highest BCUT2D eigenvalue weighted by atomic mass is 35.5. The molecule has 0 saturated carbocycles. The number of anilines is 1. The smallest absolute Gasteiger partial charge is 0.237 e. The van der Waals surface area contributed by atoms with Crippen molar-refractivity contribution in [3.63, 3.8) is 0 Å². The van der Waals surface area contributed by atoms with Gasteiger partial charge in [0.2, 0.25) is 5.91 Å². The third kappa shape index (κ3) is 3.44. The van der Waals surface area contributed by atoms with Crippen molar-refractivity contribution < 1.29 is 9.21 Å². The van der Waals surface area contributed by atoms with Gasteiger partial charge in [0, 0.05) is 13.2 Å². The van der Waals surface area contributed by atoms with Crippen molar-refractivity contribution >= 4 is 35.0 Å². The summed E-state index contributed by atoms with van der Waals surface area (Å²) in [5.41, 5.74) is 0.478. The van der Waals surface area contributed by atoms with E-state index in [2.05, 4.69) is 20.5 Å². The van der Waals surface area contributed by atoms with Gasteiger partial charge in [0.15, 0.2) is 21.9 Å². The molecule has 0 saturated heterocycles. The highest BCUT2D eigenvalue weighted by Gasteiger charge is 2.20. The zero-order valence-corrected chi connectivity index (χ0v) is 14.5. The van der Waals surface area contributed by atoms with Crippen LogP contribution in [0.25, 0.3) is 11.6 Å². The fourth-order valence-corrected chi connectivity index (χ4v) is 2.94. The summed E-state index contributed by atoms with van der Waals surface area (Å²) in [7, 11) is 1.82. The topological polar surface area (TPSA) is 85.8 Å². The van der Waals surface area contributed by atoms with E-state index >= 15 is 0 Å². The van der Waals surface area contributed by atoms with Crippen molar-refractivity contribution in [2.24, 2.45) is 7.05 Å². The third-order valence-corrected chi connectivity index (χ3v) is 4.68. The molecule has 24 heavy (non-hydrogen) atoms. The standard InChI is InChI=1S/C15H14ClN5O2S/c1-9(14(22)18-10-5-3-7-17-12(10)16)24-15-20-19-13(21(15)2)11-6-4-8-23-11/h3-9H,1-2H3,(H,18,22)/t9-/m1/s1. The number of pyridine rings is 1. The second-order valence-electron chi connectivity index (χ2n) is 4.93. The second-order valence-corrected chi connectivity index (χ2v) is 6.60. The largest absolute Gasteiger partial charge is 0.461 e. The minimum absolute atomic E-state index is 0.197.